The molecular weight excluding hydrogens is 282 g/mol. The summed E-state index contributed by atoms with van der Waals surface area (Å²) in [5.41, 5.74) is 1.62. The van der Waals surface area contributed by atoms with Crippen LogP contribution in [0.15, 0.2) is 18.5 Å². The number of H-pyrrole nitrogens is 1. The highest BCUT2D eigenvalue weighted by Crippen LogP contribution is 2.34. The molecule has 0 radical (unpaired) electrons. The number of aliphatic hydroxyl groups is 3. The summed E-state index contributed by atoms with van der Waals surface area (Å²) in [7, 11) is 0. The third-order valence-electron chi connectivity index (χ3n) is 3.36. The highest BCUT2D eigenvalue weighted by Gasteiger charge is 2.43. The Labute approximate surface area is 118 Å². The Morgan fingerprint density at radius 3 is 2.70 bits per heavy atom. The van der Waals surface area contributed by atoms with E-state index in [9.17, 15) is 10.2 Å². The minimum Gasteiger partial charge on any atom is -0.394 e. The smallest absolute Gasteiger partial charge is 0.157 e. The van der Waals surface area contributed by atoms with E-state index in [4.69, 9.17) is 22.1 Å². The normalized spacial score (nSPS) is 29.9. The van der Waals surface area contributed by atoms with Gasteiger partial charge in [-0.25, -0.2) is 4.98 Å². The number of nitrogens with one attached hydrogen (secondary N) is 1. The molecule has 1 aliphatic rings. The maximum Gasteiger partial charge on any atom is 0.157 e. The van der Waals surface area contributed by atoms with Crippen LogP contribution in [0.4, 0.5) is 0 Å². The summed E-state index contributed by atoms with van der Waals surface area (Å²) in [6, 6.07) is 1.67. The zero-order chi connectivity index (χ0) is 14.3. The first-order valence-corrected chi connectivity index (χ1v) is 6.49. The van der Waals surface area contributed by atoms with Crippen molar-refractivity contribution in [3.05, 3.63) is 28.7 Å². The molecule has 0 bridgehead atoms. The Kier molecular flexibility index (Phi) is 3.48. The lowest BCUT2D eigenvalue weighted by Gasteiger charge is -2.15. The summed E-state index contributed by atoms with van der Waals surface area (Å²) in [6.07, 6.45) is -0.868. The Morgan fingerprint density at radius 1 is 1.25 bits per heavy atom. The molecule has 2 aromatic heterocycles. The van der Waals surface area contributed by atoms with Crippen molar-refractivity contribution in [2.75, 3.05) is 6.61 Å². The fraction of sp³-hybridized carbons (Fsp3) is 0.417. The number of aromatic amines is 1. The van der Waals surface area contributed by atoms with Crippen molar-refractivity contribution < 1.29 is 20.1 Å². The lowest BCUT2D eigenvalue weighted by Crippen LogP contribution is -2.32. The fourth-order valence-corrected chi connectivity index (χ4v) is 2.58. The average molecular weight is 295 g/mol. The maximum absolute atomic E-state index is 10.0. The van der Waals surface area contributed by atoms with Gasteiger partial charge in [0, 0.05) is 18.0 Å². The molecule has 0 saturated carbocycles. The SMILES string of the molecule is OC[C@H]1O[C@@H](c2cc3nccnc3[nH]c2=S)C(O)C1O. The molecule has 4 N–H and O–H groups in total. The van der Waals surface area contributed by atoms with Crippen LogP contribution in [0.1, 0.15) is 11.7 Å². The van der Waals surface area contributed by atoms with E-state index in [2.05, 4.69) is 15.0 Å². The second-order valence-electron chi connectivity index (χ2n) is 4.60. The summed E-state index contributed by atoms with van der Waals surface area (Å²) in [6.45, 7) is -0.376. The summed E-state index contributed by atoms with van der Waals surface area (Å²) in [4.78, 5) is 11.2. The number of fused-ring (bicyclic) bond motifs is 1. The van der Waals surface area contributed by atoms with Crippen molar-refractivity contribution in [2.24, 2.45) is 0 Å². The summed E-state index contributed by atoms with van der Waals surface area (Å²) in [5, 5.41) is 28.9. The lowest BCUT2D eigenvalue weighted by atomic mass is 10.0. The first-order valence-electron chi connectivity index (χ1n) is 6.08. The number of hydrogen-bond acceptors (Lipinski definition) is 7. The molecule has 7 nitrogen and oxygen atoms in total. The maximum atomic E-state index is 10.0. The molecule has 2 aromatic rings. The quantitative estimate of drug-likeness (QED) is 0.570. The van der Waals surface area contributed by atoms with Gasteiger partial charge in [-0.1, -0.05) is 12.2 Å². The molecule has 106 valence electrons. The number of aromatic nitrogens is 3. The van der Waals surface area contributed by atoms with Gasteiger partial charge in [-0.2, -0.15) is 0 Å². The van der Waals surface area contributed by atoms with E-state index in [1.165, 1.54) is 0 Å². The molecule has 1 saturated heterocycles. The van der Waals surface area contributed by atoms with Crippen LogP contribution in [0.2, 0.25) is 0 Å². The summed E-state index contributed by atoms with van der Waals surface area (Å²) < 4.78 is 5.82. The number of rotatable bonds is 2. The monoisotopic (exact) mass is 295 g/mol. The lowest BCUT2D eigenvalue weighted by molar-refractivity contribution is -0.0229. The predicted molar refractivity (Wildman–Crippen MR) is 71.4 cm³/mol. The van der Waals surface area contributed by atoms with Gasteiger partial charge in [-0.3, -0.25) is 4.98 Å². The second kappa shape index (κ2) is 5.15. The van der Waals surface area contributed by atoms with Gasteiger partial charge >= 0.3 is 0 Å². The van der Waals surface area contributed by atoms with E-state index < -0.39 is 24.4 Å². The Hall–Kier alpha value is -1.45. The van der Waals surface area contributed by atoms with Crippen molar-refractivity contribution in [3.63, 3.8) is 0 Å². The van der Waals surface area contributed by atoms with Gasteiger partial charge in [-0.05, 0) is 6.07 Å². The molecule has 0 aliphatic carbocycles. The highest BCUT2D eigenvalue weighted by molar-refractivity contribution is 7.71. The molecule has 1 fully saturated rings. The molecule has 0 aromatic carbocycles. The highest BCUT2D eigenvalue weighted by atomic mass is 32.1. The average Bonchev–Trinajstić information content (AvgIpc) is 2.74. The molecule has 4 atom stereocenters. The van der Waals surface area contributed by atoms with Crippen molar-refractivity contribution in [2.45, 2.75) is 24.4 Å². The zero-order valence-electron chi connectivity index (χ0n) is 10.3. The van der Waals surface area contributed by atoms with Crippen LogP contribution >= 0.6 is 12.2 Å². The third kappa shape index (κ3) is 2.11. The topological polar surface area (TPSA) is 111 Å². The Bertz CT molecular complexity index is 692. The molecule has 2 unspecified atom stereocenters. The Balaban J connectivity index is 2.06. The van der Waals surface area contributed by atoms with Gasteiger partial charge in [0.05, 0.1) is 6.61 Å². The van der Waals surface area contributed by atoms with Crippen LogP contribution in [0, 0.1) is 4.64 Å². The van der Waals surface area contributed by atoms with Gasteiger partial charge in [-0.15, -0.1) is 0 Å². The minimum atomic E-state index is -1.16. The molecule has 3 heterocycles. The van der Waals surface area contributed by atoms with E-state index in [1.807, 2.05) is 0 Å². The summed E-state index contributed by atoms with van der Waals surface area (Å²) in [5.74, 6) is 0. The largest absolute Gasteiger partial charge is 0.394 e. The summed E-state index contributed by atoms with van der Waals surface area (Å²) >= 11 is 5.22. The number of pyridine rings is 1. The fourth-order valence-electron chi connectivity index (χ4n) is 2.31. The molecule has 8 heteroatoms. The van der Waals surface area contributed by atoms with Crippen LogP contribution in [0.5, 0.6) is 0 Å². The van der Waals surface area contributed by atoms with E-state index in [0.717, 1.165) is 0 Å². The van der Waals surface area contributed by atoms with Gasteiger partial charge in [0.1, 0.15) is 34.6 Å². The molecule has 20 heavy (non-hydrogen) atoms. The van der Waals surface area contributed by atoms with Gasteiger partial charge in [0.2, 0.25) is 0 Å². The van der Waals surface area contributed by atoms with Crippen LogP contribution < -0.4 is 0 Å². The van der Waals surface area contributed by atoms with E-state index in [1.54, 1.807) is 18.5 Å². The number of ether oxygens (including phenoxy) is 1. The van der Waals surface area contributed by atoms with Crippen molar-refractivity contribution >= 4 is 23.4 Å². The van der Waals surface area contributed by atoms with Crippen molar-refractivity contribution in [1.82, 2.24) is 15.0 Å². The van der Waals surface area contributed by atoms with Gasteiger partial charge < -0.3 is 25.0 Å². The van der Waals surface area contributed by atoms with Crippen LogP contribution in [0.3, 0.4) is 0 Å². The van der Waals surface area contributed by atoms with Crippen molar-refractivity contribution in [1.29, 1.82) is 0 Å². The van der Waals surface area contributed by atoms with Crippen LogP contribution in [-0.2, 0) is 4.74 Å². The molecule has 0 amide bonds. The van der Waals surface area contributed by atoms with E-state index in [0.29, 0.717) is 21.4 Å². The Morgan fingerprint density at radius 2 is 2.00 bits per heavy atom. The number of aliphatic hydroxyl groups excluding tert-OH is 3. The first-order chi connectivity index (χ1) is 9.61. The van der Waals surface area contributed by atoms with Crippen molar-refractivity contribution in [3.8, 4) is 0 Å². The van der Waals surface area contributed by atoms with E-state index >= 15 is 0 Å². The second-order valence-corrected chi connectivity index (χ2v) is 5.01. The third-order valence-corrected chi connectivity index (χ3v) is 3.70. The molecule has 0 spiro atoms. The molecule has 1 aliphatic heterocycles. The zero-order valence-corrected chi connectivity index (χ0v) is 11.1. The van der Waals surface area contributed by atoms with E-state index in [-0.39, 0.29) is 6.61 Å². The first kappa shape index (κ1) is 13.5. The number of hydrogen-bond donors (Lipinski definition) is 4. The van der Waals surface area contributed by atoms with Gasteiger partial charge in [0.25, 0.3) is 0 Å². The minimum absolute atomic E-state index is 0.354. The molecule has 3 rings (SSSR count). The molecular formula is C12H13N3O4S. The van der Waals surface area contributed by atoms with Crippen LogP contribution in [0.25, 0.3) is 11.2 Å². The van der Waals surface area contributed by atoms with Crippen LogP contribution in [-0.4, -0.2) is 55.2 Å². The number of nitrogens with zero attached hydrogens (tertiary/aromatic N) is 2. The standard InChI is InChI=1S/C12H13N3O4S/c16-4-7-8(17)9(18)10(19-7)5-3-6-11(15-12(5)20)14-2-1-13-6/h1-3,7-10,16-18H,4H2,(H,14,15,20)/t7-,8?,9?,10+/m1/s1. The van der Waals surface area contributed by atoms with Gasteiger partial charge in [0.15, 0.2) is 5.65 Å². The predicted octanol–water partition coefficient (Wildman–Crippen LogP) is -0.159.